The van der Waals surface area contributed by atoms with E-state index < -0.39 is 12.0 Å². The lowest BCUT2D eigenvalue weighted by Crippen LogP contribution is -2.55. The zero-order valence-electron chi connectivity index (χ0n) is 12.3. The number of hydrogen-bond acceptors (Lipinski definition) is 4. The molecule has 1 fully saturated rings. The van der Waals surface area contributed by atoms with Crippen molar-refractivity contribution in [3.8, 4) is 5.75 Å². The number of nitrogens with zero attached hydrogens (tertiary/aromatic N) is 1. The van der Waals surface area contributed by atoms with E-state index in [4.69, 9.17) is 9.84 Å². The van der Waals surface area contributed by atoms with Crippen LogP contribution < -0.4 is 10.1 Å². The minimum absolute atomic E-state index is 0.194. The van der Waals surface area contributed by atoms with Crippen molar-refractivity contribution < 1.29 is 19.4 Å². The first-order valence-electron chi connectivity index (χ1n) is 6.88. The van der Waals surface area contributed by atoms with Crippen LogP contribution in [0.3, 0.4) is 0 Å². The molecule has 6 nitrogen and oxygen atoms in total. The van der Waals surface area contributed by atoms with Crippen LogP contribution in [0.25, 0.3) is 0 Å². The zero-order valence-corrected chi connectivity index (χ0v) is 12.3. The number of carboxylic acid groups (broad SMARTS) is 1. The monoisotopic (exact) mass is 292 g/mol. The lowest BCUT2D eigenvalue weighted by Gasteiger charge is -2.34. The molecule has 2 rings (SSSR count). The highest BCUT2D eigenvalue weighted by Gasteiger charge is 2.31. The van der Waals surface area contributed by atoms with Crippen molar-refractivity contribution in [2.75, 3.05) is 20.2 Å². The molecule has 0 aromatic heterocycles. The minimum Gasteiger partial charge on any atom is -0.496 e. The maximum absolute atomic E-state index is 11.9. The third-order valence-electron chi connectivity index (χ3n) is 3.62. The predicted molar refractivity (Wildman–Crippen MR) is 77.2 cm³/mol. The van der Waals surface area contributed by atoms with E-state index in [1.54, 1.807) is 7.11 Å². The molecule has 1 amide bonds. The van der Waals surface area contributed by atoms with E-state index in [0.717, 1.165) is 16.9 Å². The van der Waals surface area contributed by atoms with Gasteiger partial charge in [0, 0.05) is 25.2 Å². The Morgan fingerprint density at radius 2 is 2.29 bits per heavy atom. The summed E-state index contributed by atoms with van der Waals surface area (Å²) in [5, 5.41) is 11.7. The summed E-state index contributed by atoms with van der Waals surface area (Å²) >= 11 is 0. The molecule has 0 aliphatic carbocycles. The summed E-state index contributed by atoms with van der Waals surface area (Å²) in [6.07, 6.45) is -0.194. The Labute approximate surface area is 123 Å². The average molecular weight is 292 g/mol. The Kier molecular flexibility index (Phi) is 4.80. The molecule has 21 heavy (non-hydrogen) atoms. The molecule has 1 aliphatic rings. The van der Waals surface area contributed by atoms with Gasteiger partial charge in [0.15, 0.2) is 0 Å². The van der Waals surface area contributed by atoms with Crippen molar-refractivity contribution >= 4 is 11.9 Å². The number of benzene rings is 1. The van der Waals surface area contributed by atoms with E-state index >= 15 is 0 Å². The maximum atomic E-state index is 11.9. The number of carbonyl (C=O) groups excluding carboxylic acids is 1. The fourth-order valence-electron chi connectivity index (χ4n) is 2.59. The summed E-state index contributed by atoms with van der Waals surface area (Å²) in [6.45, 7) is 3.64. The highest BCUT2D eigenvalue weighted by Crippen LogP contribution is 2.23. The van der Waals surface area contributed by atoms with Gasteiger partial charge in [-0.2, -0.15) is 0 Å². The van der Waals surface area contributed by atoms with Crippen LogP contribution in [-0.2, 0) is 16.1 Å². The van der Waals surface area contributed by atoms with Gasteiger partial charge in [-0.1, -0.05) is 17.7 Å². The molecule has 2 N–H and O–H groups in total. The van der Waals surface area contributed by atoms with Crippen molar-refractivity contribution in [2.45, 2.75) is 25.9 Å². The molecule has 1 unspecified atom stereocenters. The Morgan fingerprint density at radius 3 is 2.95 bits per heavy atom. The molecule has 114 valence electrons. The van der Waals surface area contributed by atoms with Gasteiger partial charge < -0.3 is 15.2 Å². The first-order valence-corrected chi connectivity index (χ1v) is 6.88. The van der Waals surface area contributed by atoms with Crippen LogP contribution >= 0.6 is 0 Å². The lowest BCUT2D eigenvalue weighted by atomic mass is 10.1. The molecule has 1 saturated heterocycles. The molecule has 0 saturated carbocycles. The average Bonchev–Trinajstić information content (AvgIpc) is 2.42. The van der Waals surface area contributed by atoms with Crippen molar-refractivity contribution in [1.82, 2.24) is 10.2 Å². The van der Waals surface area contributed by atoms with Crippen LogP contribution in [0.15, 0.2) is 18.2 Å². The smallest absolute Gasteiger partial charge is 0.305 e. The molecule has 6 heteroatoms. The van der Waals surface area contributed by atoms with Gasteiger partial charge in [-0.15, -0.1) is 0 Å². The quantitative estimate of drug-likeness (QED) is 0.838. The van der Waals surface area contributed by atoms with Crippen LogP contribution in [0.5, 0.6) is 5.75 Å². The second-order valence-corrected chi connectivity index (χ2v) is 5.19. The summed E-state index contributed by atoms with van der Waals surface area (Å²) in [5.74, 6) is -0.450. The van der Waals surface area contributed by atoms with E-state index in [1.807, 2.05) is 30.0 Å². The van der Waals surface area contributed by atoms with Crippen LogP contribution in [0.1, 0.15) is 17.5 Å². The van der Waals surface area contributed by atoms with Crippen molar-refractivity contribution in [1.29, 1.82) is 0 Å². The fraction of sp³-hybridized carbons (Fsp3) is 0.467. The Bertz CT molecular complexity index is 544. The number of piperazine rings is 1. The van der Waals surface area contributed by atoms with Gasteiger partial charge in [-0.3, -0.25) is 14.5 Å². The Morgan fingerprint density at radius 1 is 1.52 bits per heavy atom. The highest BCUT2D eigenvalue weighted by atomic mass is 16.5. The number of methoxy groups -OCH3 is 1. The summed E-state index contributed by atoms with van der Waals surface area (Å²) in [4.78, 5) is 24.8. The summed E-state index contributed by atoms with van der Waals surface area (Å²) in [5.41, 5.74) is 2.06. The zero-order chi connectivity index (χ0) is 15.4. The van der Waals surface area contributed by atoms with E-state index in [-0.39, 0.29) is 12.3 Å². The molecule has 0 radical (unpaired) electrons. The van der Waals surface area contributed by atoms with Crippen LogP contribution in [0.4, 0.5) is 0 Å². The molecule has 1 aromatic carbocycles. The predicted octanol–water partition coefficient (Wildman–Crippen LogP) is 0.779. The van der Waals surface area contributed by atoms with Crippen molar-refractivity contribution in [3.63, 3.8) is 0 Å². The number of ether oxygens (including phenoxy) is 1. The SMILES string of the molecule is COc1ccc(C)cc1CN1CCNC(=O)C1CC(=O)O. The van der Waals surface area contributed by atoms with Gasteiger partial charge in [0.05, 0.1) is 13.5 Å². The normalized spacial score (nSPS) is 19.1. The second kappa shape index (κ2) is 6.58. The minimum atomic E-state index is -0.974. The van der Waals surface area contributed by atoms with Crippen LogP contribution in [-0.4, -0.2) is 48.1 Å². The van der Waals surface area contributed by atoms with Crippen LogP contribution in [0, 0.1) is 6.92 Å². The largest absolute Gasteiger partial charge is 0.496 e. The van der Waals surface area contributed by atoms with Gasteiger partial charge >= 0.3 is 5.97 Å². The molecule has 1 atom stereocenters. The lowest BCUT2D eigenvalue weighted by molar-refractivity contribution is -0.143. The number of carbonyl (C=O) groups is 2. The van der Waals surface area contributed by atoms with Crippen molar-refractivity contribution in [3.05, 3.63) is 29.3 Å². The molecule has 1 aromatic rings. The number of hydrogen-bond donors (Lipinski definition) is 2. The van der Waals surface area contributed by atoms with Gasteiger partial charge in [0.1, 0.15) is 11.8 Å². The van der Waals surface area contributed by atoms with Gasteiger partial charge in [-0.05, 0) is 13.0 Å². The number of rotatable bonds is 5. The molecular weight excluding hydrogens is 272 g/mol. The summed E-state index contributed by atoms with van der Waals surface area (Å²) in [6, 6.07) is 5.21. The third-order valence-corrected chi connectivity index (χ3v) is 3.62. The van der Waals surface area contributed by atoms with Gasteiger partial charge in [0.2, 0.25) is 5.91 Å². The van der Waals surface area contributed by atoms with E-state index in [9.17, 15) is 9.59 Å². The molecular formula is C15H20N2O4. The topological polar surface area (TPSA) is 78.9 Å². The standard InChI is InChI=1S/C15H20N2O4/c1-10-3-4-13(21-2)11(7-10)9-17-6-5-16-15(20)12(17)8-14(18)19/h3-4,7,12H,5-6,8-9H2,1-2H3,(H,16,20)(H,18,19). The third kappa shape index (κ3) is 3.72. The summed E-state index contributed by atoms with van der Waals surface area (Å²) < 4.78 is 5.34. The van der Waals surface area contributed by atoms with E-state index in [1.165, 1.54) is 0 Å². The number of amides is 1. The first kappa shape index (κ1) is 15.3. The van der Waals surface area contributed by atoms with Gasteiger partial charge in [0.25, 0.3) is 0 Å². The molecule has 1 heterocycles. The van der Waals surface area contributed by atoms with E-state index in [0.29, 0.717) is 19.6 Å². The van der Waals surface area contributed by atoms with E-state index in [2.05, 4.69) is 5.32 Å². The molecule has 0 spiro atoms. The Hall–Kier alpha value is -2.08. The fourth-order valence-corrected chi connectivity index (χ4v) is 2.59. The van der Waals surface area contributed by atoms with Gasteiger partial charge in [-0.25, -0.2) is 0 Å². The van der Waals surface area contributed by atoms with Crippen LogP contribution in [0.2, 0.25) is 0 Å². The molecule has 0 bridgehead atoms. The molecule has 1 aliphatic heterocycles. The number of nitrogens with one attached hydrogen (secondary N) is 1. The van der Waals surface area contributed by atoms with Crippen molar-refractivity contribution in [2.24, 2.45) is 0 Å². The Balaban J connectivity index is 2.21. The second-order valence-electron chi connectivity index (χ2n) is 5.19. The first-order chi connectivity index (χ1) is 10.0. The number of aryl methyl sites for hydroxylation is 1. The highest BCUT2D eigenvalue weighted by molar-refractivity contribution is 5.86. The summed E-state index contributed by atoms with van der Waals surface area (Å²) in [7, 11) is 1.60. The number of carboxylic acids is 1. The maximum Gasteiger partial charge on any atom is 0.305 e. The number of aliphatic carboxylic acids is 1.